The smallest absolute Gasteiger partial charge is 0.193 e. The maximum atomic E-state index is 5.76. The molecule has 0 aromatic heterocycles. The van der Waals surface area contributed by atoms with Crippen molar-refractivity contribution in [3.05, 3.63) is 30.3 Å². The molecule has 0 amide bonds. The molecule has 140 valence electrons. The van der Waals surface area contributed by atoms with Gasteiger partial charge in [0.15, 0.2) is 5.96 Å². The third-order valence-electron chi connectivity index (χ3n) is 4.59. The fourth-order valence-electron chi connectivity index (χ4n) is 3.15. The molecular weight excluding hydrogens is 316 g/mol. The minimum absolute atomic E-state index is 0.556. The van der Waals surface area contributed by atoms with Gasteiger partial charge in [0, 0.05) is 40.3 Å². The van der Waals surface area contributed by atoms with Crippen LogP contribution in [0.5, 0.6) is 5.75 Å². The molecule has 2 rings (SSSR count). The number of hydrogen-bond donors (Lipinski definition) is 1. The summed E-state index contributed by atoms with van der Waals surface area (Å²) in [4.78, 5) is 9.01. The molecule has 1 unspecified atom stereocenters. The molecule has 0 bridgehead atoms. The second-order valence-electron chi connectivity index (χ2n) is 6.34. The summed E-state index contributed by atoms with van der Waals surface area (Å²) in [6, 6.07) is 10.5. The number of ether oxygens (including phenoxy) is 2. The molecule has 1 atom stereocenters. The summed E-state index contributed by atoms with van der Waals surface area (Å²) in [5, 5.41) is 3.50. The molecule has 1 heterocycles. The molecule has 0 aliphatic carbocycles. The number of rotatable bonds is 9. The lowest BCUT2D eigenvalue weighted by molar-refractivity contribution is 0.141. The van der Waals surface area contributed by atoms with Crippen LogP contribution in [0, 0.1) is 0 Å². The van der Waals surface area contributed by atoms with E-state index in [1.165, 1.54) is 12.8 Å². The van der Waals surface area contributed by atoms with E-state index in [9.17, 15) is 0 Å². The van der Waals surface area contributed by atoms with Crippen molar-refractivity contribution in [2.45, 2.75) is 18.9 Å². The summed E-state index contributed by atoms with van der Waals surface area (Å²) >= 11 is 0. The van der Waals surface area contributed by atoms with Gasteiger partial charge in [0.2, 0.25) is 0 Å². The zero-order chi connectivity index (χ0) is 17.9. The van der Waals surface area contributed by atoms with E-state index in [2.05, 4.69) is 20.1 Å². The lowest BCUT2D eigenvalue weighted by atomic mass is 10.2. The molecule has 1 aromatic rings. The number of nitrogens with one attached hydrogen (secondary N) is 1. The SMILES string of the molecule is CN=C(NCC1CCCN1CCOC)N(C)CCOc1ccccc1. The fourth-order valence-corrected chi connectivity index (χ4v) is 3.15. The second kappa shape index (κ2) is 10.9. The quantitative estimate of drug-likeness (QED) is 0.544. The van der Waals surface area contributed by atoms with Crippen LogP contribution >= 0.6 is 0 Å². The molecule has 6 nitrogen and oxygen atoms in total. The first-order valence-electron chi connectivity index (χ1n) is 9.07. The van der Waals surface area contributed by atoms with Gasteiger partial charge in [-0.25, -0.2) is 0 Å². The number of benzene rings is 1. The molecule has 0 saturated carbocycles. The van der Waals surface area contributed by atoms with Gasteiger partial charge in [-0.2, -0.15) is 0 Å². The zero-order valence-corrected chi connectivity index (χ0v) is 15.8. The van der Waals surface area contributed by atoms with Crippen LogP contribution in [0.2, 0.25) is 0 Å². The van der Waals surface area contributed by atoms with Crippen LogP contribution in [0.3, 0.4) is 0 Å². The van der Waals surface area contributed by atoms with Gasteiger partial charge in [0.25, 0.3) is 0 Å². The molecule has 1 aliphatic heterocycles. The normalized spacial score (nSPS) is 18.4. The second-order valence-corrected chi connectivity index (χ2v) is 6.34. The average molecular weight is 348 g/mol. The lowest BCUT2D eigenvalue weighted by Crippen LogP contribution is -2.46. The highest BCUT2D eigenvalue weighted by Crippen LogP contribution is 2.16. The predicted molar refractivity (Wildman–Crippen MR) is 102 cm³/mol. The summed E-state index contributed by atoms with van der Waals surface area (Å²) < 4.78 is 11.0. The average Bonchev–Trinajstić information content (AvgIpc) is 3.08. The van der Waals surface area contributed by atoms with Gasteiger partial charge in [-0.15, -0.1) is 0 Å². The Hall–Kier alpha value is -1.79. The minimum Gasteiger partial charge on any atom is -0.492 e. The Morgan fingerprint density at radius 3 is 2.84 bits per heavy atom. The molecule has 1 N–H and O–H groups in total. The largest absolute Gasteiger partial charge is 0.492 e. The van der Waals surface area contributed by atoms with E-state index >= 15 is 0 Å². The molecule has 6 heteroatoms. The van der Waals surface area contributed by atoms with E-state index < -0.39 is 0 Å². The van der Waals surface area contributed by atoms with Crippen LogP contribution in [0.25, 0.3) is 0 Å². The van der Waals surface area contributed by atoms with Crippen LogP contribution in [-0.2, 0) is 4.74 Å². The molecule has 1 fully saturated rings. The van der Waals surface area contributed by atoms with Crippen molar-refractivity contribution in [2.24, 2.45) is 4.99 Å². The monoisotopic (exact) mass is 348 g/mol. The Labute approximate surface area is 151 Å². The van der Waals surface area contributed by atoms with E-state index in [0.29, 0.717) is 12.6 Å². The van der Waals surface area contributed by atoms with Gasteiger partial charge in [-0.1, -0.05) is 18.2 Å². The molecule has 25 heavy (non-hydrogen) atoms. The number of likely N-dealkylation sites (N-methyl/N-ethyl adjacent to an activating group) is 1. The number of aliphatic imine (C=N–C) groups is 1. The predicted octanol–water partition coefficient (Wildman–Crippen LogP) is 1.68. The van der Waals surface area contributed by atoms with Crippen LogP contribution < -0.4 is 10.1 Å². The van der Waals surface area contributed by atoms with Crippen LogP contribution in [0.1, 0.15) is 12.8 Å². The van der Waals surface area contributed by atoms with Crippen molar-refractivity contribution in [1.29, 1.82) is 0 Å². The zero-order valence-electron chi connectivity index (χ0n) is 15.8. The van der Waals surface area contributed by atoms with Gasteiger partial charge >= 0.3 is 0 Å². The number of nitrogens with zero attached hydrogens (tertiary/aromatic N) is 3. The Kier molecular flexibility index (Phi) is 8.55. The summed E-state index contributed by atoms with van der Waals surface area (Å²) in [6.07, 6.45) is 2.49. The lowest BCUT2D eigenvalue weighted by Gasteiger charge is -2.27. The first kappa shape index (κ1) is 19.5. The van der Waals surface area contributed by atoms with Crippen molar-refractivity contribution in [1.82, 2.24) is 15.1 Å². The van der Waals surface area contributed by atoms with E-state index in [1.54, 1.807) is 7.11 Å². The third-order valence-corrected chi connectivity index (χ3v) is 4.59. The molecule has 1 aliphatic rings. The Morgan fingerprint density at radius 1 is 1.32 bits per heavy atom. The van der Waals surface area contributed by atoms with Crippen molar-refractivity contribution in [2.75, 3.05) is 60.6 Å². The summed E-state index contributed by atoms with van der Waals surface area (Å²) in [5.41, 5.74) is 0. The third kappa shape index (κ3) is 6.55. The Bertz CT molecular complexity index is 509. The summed E-state index contributed by atoms with van der Waals surface area (Å²) in [7, 11) is 5.63. The maximum Gasteiger partial charge on any atom is 0.193 e. The summed E-state index contributed by atoms with van der Waals surface area (Å²) in [5.74, 6) is 1.81. The number of guanidine groups is 1. The molecule has 1 aromatic carbocycles. The van der Waals surface area contributed by atoms with Gasteiger partial charge in [0.1, 0.15) is 12.4 Å². The van der Waals surface area contributed by atoms with Gasteiger partial charge < -0.3 is 19.7 Å². The Balaban J connectivity index is 1.71. The van der Waals surface area contributed by atoms with Crippen molar-refractivity contribution in [3.63, 3.8) is 0 Å². The number of para-hydroxylation sites is 1. The number of methoxy groups -OCH3 is 1. The molecular formula is C19H32N4O2. The van der Waals surface area contributed by atoms with E-state index in [4.69, 9.17) is 9.47 Å². The van der Waals surface area contributed by atoms with Crippen molar-refractivity contribution >= 4 is 5.96 Å². The first-order valence-corrected chi connectivity index (χ1v) is 9.07. The van der Waals surface area contributed by atoms with Crippen LogP contribution in [-0.4, -0.2) is 82.4 Å². The fraction of sp³-hybridized carbons (Fsp3) is 0.632. The summed E-state index contributed by atoms with van der Waals surface area (Å²) in [6.45, 7) is 5.29. The Morgan fingerprint density at radius 2 is 2.12 bits per heavy atom. The number of hydrogen-bond acceptors (Lipinski definition) is 4. The molecule has 0 spiro atoms. The molecule has 1 saturated heterocycles. The highest BCUT2D eigenvalue weighted by molar-refractivity contribution is 5.79. The van der Waals surface area contributed by atoms with Crippen LogP contribution in [0.4, 0.5) is 0 Å². The van der Waals surface area contributed by atoms with E-state index in [0.717, 1.165) is 44.5 Å². The topological polar surface area (TPSA) is 49.3 Å². The van der Waals surface area contributed by atoms with E-state index in [1.807, 2.05) is 44.4 Å². The van der Waals surface area contributed by atoms with Crippen molar-refractivity contribution < 1.29 is 9.47 Å². The standard InChI is InChI=1S/C19H32N4O2/c1-20-19(21-16-17-8-7-11-23(17)13-14-24-3)22(2)12-15-25-18-9-5-4-6-10-18/h4-6,9-10,17H,7-8,11-16H2,1-3H3,(H,20,21). The highest BCUT2D eigenvalue weighted by atomic mass is 16.5. The van der Waals surface area contributed by atoms with E-state index in [-0.39, 0.29) is 0 Å². The number of likely N-dealkylation sites (tertiary alicyclic amines) is 1. The minimum atomic E-state index is 0.556. The molecule has 0 radical (unpaired) electrons. The van der Waals surface area contributed by atoms with Crippen LogP contribution in [0.15, 0.2) is 35.3 Å². The first-order chi connectivity index (χ1) is 12.2. The maximum absolute atomic E-state index is 5.76. The van der Waals surface area contributed by atoms with Crippen molar-refractivity contribution in [3.8, 4) is 5.75 Å². The highest BCUT2D eigenvalue weighted by Gasteiger charge is 2.24. The van der Waals surface area contributed by atoms with Gasteiger partial charge in [0.05, 0.1) is 13.2 Å². The van der Waals surface area contributed by atoms with Gasteiger partial charge in [-0.3, -0.25) is 9.89 Å². The van der Waals surface area contributed by atoms with Gasteiger partial charge in [-0.05, 0) is 31.5 Å².